The number of ether oxygens (including phenoxy) is 1. The molecule has 0 aliphatic rings. The third-order valence-corrected chi connectivity index (χ3v) is 4.97. The molecule has 6 nitrogen and oxygen atoms in total. The van der Waals surface area contributed by atoms with Gasteiger partial charge in [0.2, 0.25) is 0 Å². The summed E-state index contributed by atoms with van der Waals surface area (Å²) >= 11 is 3.47. The van der Waals surface area contributed by atoms with Gasteiger partial charge in [0.15, 0.2) is 0 Å². The standard InChI is InChI=1S/C21H20BrN5O/c1-28-18-4-2-15(3-5-18)6-8-24-20-19-7-9-27(21(19)26-14-25-20)13-16-10-17(22)12-23-11-16/h2-5,7,9-12,14H,6,8,13H2,1H3,(H,24,25,26). The zero-order valence-corrected chi connectivity index (χ0v) is 17.1. The Bertz CT molecular complexity index is 1080. The highest BCUT2D eigenvalue weighted by Gasteiger charge is 2.09. The molecule has 7 heteroatoms. The molecule has 1 aromatic carbocycles. The molecule has 0 unspecified atom stereocenters. The Hall–Kier alpha value is -2.93. The Kier molecular flexibility index (Phi) is 5.53. The highest BCUT2D eigenvalue weighted by molar-refractivity contribution is 9.10. The molecule has 0 bridgehead atoms. The SMILES string of the molecule is COc1ccc(CCNc2ncnc3c2ccn3Cc2cncc(Br)c2)cc1. The van der Waals surface area contributed by atoms with E-state index < -0.39 is 0 Å². The number of hydrogen-bond acceptors (Lipinski definition) is 5. The van der Waals surface area contributed by atoms with E-state index in [1.807, 2.05) is 24.5 Å². The van der Waals surface area contributed by atoms with Crippen LogP contribution in [0.3, 0.4) is 0 Å². The van der Waals surface area contributed by atoms with Crippen LogP contribution in [0.25, 0.3) is 11.0 Å². The minimum absolute atomic E-state index is 0.707. The van der Waals surface area contributed by atoms with Crippen LogP contribution in [0.1, 0.15) is 11.1 Å². The normalized spacial score (nSPS) is 10.9. The van der Waals surface area contributed by atoms with Crippen molar-refractivity contribution in [3.63, 3.8) is 0 Å². The number of rotatable bonds is 7. The molecule has 0 saturated heterocycles. The summed E-state index contributed by atoms with van der Waals surface area (Å²) < 4.78 is 8.28. The van der Waals surface area contributed by atoms with Crippen molar-refractivity contribution in [3.05, 3.63) is 76.9 Å². The van der Waals surface area contributed by atoms with E-state index in [0.717, 1.165) is 45.6 Å². The monoisotopic (exact) mass is 437 g/mol. The molecule has 3 heterocycles. The predicted molar refractivity (Wildman–Crippen MR) is 114 cm³/mol. The first-order chi connectivity index (χ1) is 13.7. The van der Waals surface area contributed by atoms with Gasteiger partial charge in [-0.05, 0) is 57.7 Å². The molecule has 0 amide bonds. The molecule has 1 N–H and O–H groups in total. The van der Waals surface area contributed by atoms with E-state index in [-0.39, 0.29) is 0 Å². The maximum Gasteiger partial charge on any atom is 0.145 e. The first-order valence-electron chi connectivity index (χ1n) is 8.99. The summed E-state index contributed by atoms with van der Waals surface area (Å²) in [6, 6.07) is 12.2. The molecule has 0 fully saturated rings. The van der Waals surface area contributed by atoms with Crippen LogP contribution >= 0.6 is 15.9 Å². The third-order valence-electron chi connectivity index (χ3n) is 4.54. The fraction of sp³-hybridized carbons (Fsp3) is 0.190. The molecular weight excluding hydrogens is 418 g/mol. The van der Waals surface area contributed by atoms with Gasteiger partial charge in [0.25, 0.3) is 0 Å². The lowest BCUT2D eigenvalue weighted by Crippen LogP contribution is -2.07. The topological polar surface area (TPSA) is 64.9 Å². The molecule has 0 radical (unpaired) electrons. The summed E-state index contributed by atoms with van der Waals surface area (Å²) in [5.74, 6) is 1.72. The number of nitrogens with one attached hydrogen (secondary N) is 1. The summed E-state index contributed by atoms with van der Waals surface area (Å²) in [6.45, 7) is 1.50. The van der Waals surface area contributed by atoms with Gasteiger partial charge in [0.05, 0.1) is 19.0 Å². The lowest BCUT2D eigenvalue weighted by molar-refractivity contribution is 0.414. The van der Waals surface area contributed by atoms with Crippen molar-refractivity contribution in [1.82, 2.24) is 19.5 Å². The van der Waals surface area contributed by atoms with E-state index in [1.165, 1.54) is 5.56 Å². The van der Waals surface area contributed by atoms with E-state index in [1.54, 1.807) is 19.6 Å². The van der Waals surface area contributed by atoms with Crippen LogP contribution in [-0.4, -0.2) is 33.2 Å². The number of benzene rings is 1. The Morgan fingerprint density at radius 3 is 2.71 bits per heavy atom. The first kappa shape index (κ1) is 18.4. The molecule has 28 heavy (non-hydrogen) atoms. The van der Waals surface area contributed by atoms with Gasteiger partial charge in [-0.1, -0.05) is 12.1 Å². The van der Waals surface area contributed by atoms with Gasteiger partial charge in [-0.25, -0.2) is 9.97 Å². The van der Waals surface area contributed by atoms with Gasteiger partial charge in [-0.2, -0.15) is 0 Å². The van der Waals surface area contributed by atoms with Crippen LogP contribution < -0.4 is 10.1 Å². The average Bonchev–Trinajstić information content (AvgIpc) is 3.12. The minimum atomic E-state index is 0.707. The summed E-state index contributed by atoms with van der Waals surface area (Å²) in [6.07, 6.45) is 8.19. The summed E-state index contributed by atoms with van der Waals surface area (Å²) in [7, 11) is 1.68. The van der Waals surface area contributed by atoms with Gasteiger partial charge >= 0.3 is 0 Å². The zero-order chi connectivity index (χ0) is 19.3. The highest BCUT2D eigenvalue weighted by atomic mass is 79.9. The Labute approximate surface area is 171 Å². The van der Waals surface area contributed by atoms with E-state index in [4.69, 9.17) is 4.74 Å². The number of anilines is 1. The van der Waals surface area contributed by atoms with E-state index in [0.29, 0.717) is 6.54 Å². The fourth-order valence-corrected chi connectivity index (χ4v) is 3.54. The zero-order valence-electron chi connectivity index (χ0n) is 15.5. The van der Waals surface area contributed by atoms with Crippen LogP contribution in [0, 0.1) is 0 Å². The quantitative estimate of drug-likeness (QED) is 0.466. The van der Waals surface area contributed by atoms with Gasteiger partial charge in [0, 0.05) is 29.6 Å². The fourth-order valence-electron chi connectivity index (χ4n) is 3.13. The predicted octanol–water partition coefficient (Wildman–Crippen LogP) is 4.30. The molecule has 4 aromatic rings. The molecule has 142 valence electrons. The average molecular weight is 438 g/mol. The van der Waals surface area contributed by atoms with Crippen molar-refractivity contribution < 1.29 is 4.74 Å². The number of methoxy groups -OCH3 is 1. The van der Waals surface area contributed by atoms with Crippen molar-refractivity contribution in [2.45, 2.75) is 13.0 Å². The molecular formula is C21H20BrN5O. The maximum atomic E-state index is 5.20. The highest BCUT2D eigenvalue weighted by Crippen LogP contribution is 2.22. The Morgan fingerprint density at radius 2 is 1.93 bits per heavy atom. The first-order valence-corrected chi connectivity index (χ1v) is 9.78. The van der Waals surface area contributed by atoms with Crippen molar-refractivity contribution in [2.75, 3.05) is 19.0 Å². The number of halogens is 1. The summed E-state index contributed by atoms with van der Waals surface area (Å²) in [5, 5.41) is 4.45. The van der Waals surface area contributed by atoms with Gasteiger partial charge in [-0.15, -0.1) is 0 Å². The minimum Gasteiger partial charge on any atom is -0.497 e. The number of fused-ring (bicyclic) bond motifs is 1. The van der Waals surface area contributed by atoms with Crippen molar-refractivity contribution in [2.24, 2.45) is 0 Å². The molecule has 4 rings (SSSR count). The van der Waals surface area contributed by atoms with E-state index in [9.17, 15) is 0 Å². The van der Waals surface area contributed by atoms with Crippen LogP contribution in [-0.2, 0) is 13.0 Å². The van der Waals surface area contributed by atoms with Crippen LogP contribution in [0.5, 0.6) is 5.75 Å². The molecule has 0 spiro atoms. The summed E-state index contributed by atoms with van der Waals surface area (Å²) in [5.41, 5.74) is 3.26. The second-order valence-electron chi connectivity index (χ2n) is 6.44. The van der Waals surface area contributed by atoms with Crippen molar-refractivity contribution in [1.29, 1.82) is 0 Å². The Morgan fingerprint density at radius 1 is 1.07 bits per heavy atom. The van der Waals surface area contributed by atoms with Crippen molar-refractivity contribution >= 4 is 32.8 Å². The number of hydrogen-bond donors (Lipinski definition) is 1. The van der Waals surface area contributed by atoms with Gasteiger partial charge in [0.1, 0.15) is 23.5 Å². The maximum absolute atomic E-state index is 5.20. The number of pyridine rings is 1. The largest absolute Gasteiger partial charge is 0.497 e. The smallest absolute Gasteiger partial charge is 0.145 e. The van der Waals surface area contributed by atoms with Gasteiger partial charge < -0.3 is 14.6 Å². The van der Waals surface area contributed by atoms with Crippen LogP contribution in [0.4, 0.5) is 5.82 Å². The molecule has 0 aliphatic heterocycles. The molecule has 0 saturated carbocycles. The lowest BCUT2D eigenvalue weighted by Gasteiger charge is -2.09. The summed E-state index contributed by atoms with van der Waals surface area (Å²) in [4.78, 5) is 13.1. The molecule has 3 aromatic heterocycles. The van der Waals surface area contributed by atoms with Crippen LogP contribution in [0.2, 0.25) is 0 Å². The molecule has 0 atom stereocenters. The number of aromatic nitrogens is 4. The van der Waals surface area contributed by atoms with Gasteiger partial charge in [-0.3, -0.25) is 4.98 Å². The second kappa shape index (κ2) is 8.39. The number of nitrogens with zero attached hydrogens (tertiary/aromatic N) is 4. The second-order valence-corrected chi connectivity index (χ2v) is 7.36. The van der Waals surface area contributed by atoms with Crippen LogP contribution in [0.15, 0.2) is 65.8 Å². The molecule has 0 aliphatic carbocycles. The Balaban J connectivity index is 1.46. The van der Waals surface area contributed by atoms with Crippen molar-refractivity contribution in [3.8, 4) is 5.75 Å². The van der Waals surface area contributed by atoms with E-state index in [2.05, 4.69) is 65.0 Å². The third kappa shape index (κ3) is 4.14. The van der Waals surface area contributed by atoms with E-state index >= 15 is 0 Å². The lowest BCUT2D eigenvalue weighted by atomic mass is 10.1.